The largest absolute Gasteiger partial charge is 0.357 e. The molecule has 0 amide bonds. The van der Waals surface area contributed by atoms with E-state index < -0.39 is 0 Å². The van der Waals surface area contributed by atoms with Crippen LogP contribution in [0.2, 0.25) is 0 Å². The van der Waals surface area contributed by atoms with Gasteiger partial charge in [-0.2, -0.15) is 0 Å². The molecule has 27 heavy (non-hydrogen) atoms. The highest BCUT2D eigenvalue weighted by atomic mass is 15.2. The standard InChI is InChI=1S/C25H34N2/c1-24(2)14-15-25(3,4)21-18-19(12-13-20(21)24)22-10-9-11-23(26-22)27-16-7-5-6-8-17-27/h9-13,18H,5-8,14-17H2,1-4H3. The number of aromatic nitrogens is 1. The van der Waals surface area contributed by atoms with Crippen LogP contribution in [0.15, 0.2) is 36.4 Å². The van der Waals surface area contributed by atoms with Gasteiger partial charge in [-0.3, -0.25) is 0 Å². The summed E-state index contributed by atoms with van der Waals surface area (Å²) in [5, 5.41) is 0. The lowest BCUT2D eigenvalue weighted by Crippen LogP contribution is -2.33. The Hall–Kier alpha value is -1.83. The van der Waals surface area contributed by atoms with E-state index in [-0.39, 0.29) is 10.8 Å². The van der Waals surface area contributed by atoms with Gasteiger partial charge in [-0.05, 0) is 65.8 Å². The Kier molecular flexibility index (Phi) is 4.78. The van der Waals surface area contributed by atoms with E-state index in [0.29, 0.717) is 0 Å². The number of rotatable bonds is 2. The fraction of sp³-hybridized carbons (Fsp3) is 0.560. The van der Waals surface area contributed by atoms with Crippen LogP contribution in [0.4, 0.5) is 5.82 Å². The fourth-order valence-corrected chi connectivity index (χ4v) is 4.81. The molecule has 1 aliphatic heterocycles. The van der Waals surface area contributed by atoms with Gasteiger partial charge in [0.25, 0.3) is 0 Å². The number of anilines is 1. The minimum Gasteiger partial charge on any atom is -0.357 e. The van der Waals surface area contributed by atoms with Gasteiger partial charge in [0.1, 0.15) is 5.82 Å². The third-order valence-corrected chi connectivity index (χ3v) is 6.81. The molecule has 2 aromatic rings. The van der Waals surface area contributed by atoms with Crippen molar-refractivity contribution in [2.75, 3.05) is 18.0 Å². The molecule has 1 aromatic carbocycles. The first kappa shape index (κ1) is 18.5. The molecule has 2 heterocycles. The molecule has 0 atom stereocenters. The summed E-state index contributed by atoms with van der Waals surface area (Å²) in [6.45, 7) is 11.8. The summed E-state index contributed by atoms with van der Waals surface area (Å²) in [6.07, 6.45) is 7.78. The molecule has 0 saturated carbocycles. The maximum atomic E-state index is 5.07. The van der Waals surface area contributed by atoms with Gasteiger partial charge in [0.15, 0.2) is 0 Å². The zero-order valence-corrected chi connectivity index (χ0v) is 17.5. The van der Waals surface area contributed by atoms with Crippen LogP contribution in [0.3, 0.4) is 0 Å². The van der Waals surface area contributed by atoms with Gasteiger partial charge in [-0.1, -0.05) is 58.7 Å². The molecule has 2 heteroatoms. The highest BCUT2D eigenvalue weighted by Gasteiger charge is 2.37. The lowest BCUT2D eigenvalue weighted by atomic mass is 9.63. The minimum absolute atomic E-state index is 0.239. The van der Waals surface area contributed by atoms with E-state index in [4.69, 9.17) is 4.98 Å². The maximum Gasteiger partial charge on any atom is 0.129 e. The summed E-state index contributed by atoms with van der Waals surface area (Å²) >= 11 is 0. The molecule has 0 N–H and O–H groups in total. The van der Waals surface area contributed by atoms with E-state index in [1.54, 1.807) is 0 Å². The molecule has 2 aliphatic rings. The van der Waals surface area contributed by atoms with Gasteiger partial charge in [-0.15, -0.1) is 0 Å². The predicted octanol–water partition coefficient (Wildman–Crippen LogP) is 6.48. The van der Waals surface area contributed by atoms with E-state index in [0.717, 1.165) is 24.6 Å². The van der Waals surface area contributed by atoms with E-state index in [2.05, 4.69) is 69.0 Å². The molecule has 2 nitrogen and oxygen atoms in total. The maximum absolute atomic E-state index is 5.07. The van der Waals surface area contributed by atoms with E-state index in [9.17, 15) is 0 Å². The van der Waals surface area contributed by atoms with Gasteiger partial charge in [0.05, 0.1) is 5.69 Å². The Labute approximate surface area is 165 Å². The number of fused-ring (bicyclic) bond motifs is 1. The van der Waals surface area contributed by atoms with Gasteiger partial charge >= 0.3 is 0 Å². The molecule has 0 unspecified atom stereocenters. The van der Waals surface area contributed by atoms with Crippen molar-refractivity contribution >= 4 is 5.82 Å². The van der Waals surface area contributed by atoms with Crippen LogP contribution >= 0.6 is 0 Å². The van der Waals surface area contributed by atoms with Crippen molar-refractivity contribution in [3.05, 3.63) is 47.5 Å². The van der Waals surface area contributed by atoms with Gasteiger partial charge in [-0.25, -0.2) is 4.98 Å². The van der Waals surface area contributed by atoms with Gasteiger partial charge in [0.2, 0.25) is 0 Å². The Morgan fingerprint density at radius 1 is 0.778 bits per heavy atom. The van der Waals surface area contributed by atoms with Crippen LogP contribution in [-0.4, -0.2) is 18.1 Å². The van der Waals surface area contributed by atoms with Crippen LogP contribution < -0.4 is 4.90 Å². The SMILES string of the molecule is CC1(C)CCC(C)(C)c2cc(-c3cccc(N4CCCCCC4)n3)ccc21. The Morgan fingerprint density at radius 2 is 1.44 bits per heavy atom. The number of nitrogens with zero attached hydrogens (tertiary/aromatic N) is 2. The van der Waals surface area contributed by atoms with Crippen LogP contribution in [0.25, 0.3) is 11.3 Å². The van der Waals surface area contributed by atoms with Crippen molar-refractivity contribution in [1.29, 1.82) is 0 Å². The highest BCUT2D eigenvalue weighted by Crippen LogP contribution is 2.46. The molecule has 1 fully saturated rings. The quantitative estimate of drug-likeness (QED) is 0.608. The molecule has 1 aliphatic carbocycles. The summed E-state index contributed by atoms with van der Waals surface area (Å²) in [5.41, 5.74) is 5.91. The lowest BCUT2D eigenvalue weighted by Gasteiger charge is -2.42. The fourth-order valence-electron chi connectivity index (χ4n) is 4.81. The normalized spacial score (nSPS) is 21.4. The van der Waals surface area contributed by atoms with Crippen molar-refractivity contribution in [3.63, 3.8) is 0 Å². The topological polar surface area (TPSA) is 16.1 Å². The molecule has 0 spiro atoms. The molecule has 1 aromatic heterocycles. The van der Waals surface area contributed by atoms with Crippen LogP contribution in [0.5, 0.6) is 0 Å². The highest BCUT2D eigenvalue weighted by molar-refractivity contribution is 5.65. The molecule has 4 rings (SSSR count). The first-order valence-electron chi connectivity index (χ1n) is 10.7. The van der Waals surface area contributed by atoms with Gasteiger partial charge in [0, 0.05) is 18.7 Å². The van der Waals surface area contributed by atoms with E-state index in [1.165, 1.54) is 55.2 Å². The van der Waals surface area contributed by atoms with Crippen LogP contribution in [-0.2, 0) is 10.8 Å². The molecular formula is C25H34N2. The molecule has 1 saturated heterocycles. The molecule has 0 radical (unpaired) electrons. The number of benzene rings is 1. The van der Waals surface area contributed by atoms with E-state index >= 15 is 0 Å². The predicted molar refractivity (Wildman–Crippen MR) is 116 cm³/mol. The lowest BCUT2D eigenvalue weighted by molar-refractivity contribution is 0.332. The van der Waals surface area contributed by atoms with Crippen molar-refractivity contribution in [3.8, 4) is 11.3 Å². The monoisotopic (exact) mass is 362 g/mol. The number of hydrogen-bond donors (Lipinski definition) is 0. The number of hydrogen-bond acceptors (Lipinski definition) is 2. The zero-order chi connectivity index (χ0) is 19.1. The Morgan fingerprint density at radius 3 is 2.15 bits per heavy atom. The second kappa shape index (κ2) is 6.96. The first-order valence-corrected chi connectivity index (χ1v) is 10.7. The first-order chi connectivity index (χ1) is 12.9. The van der Waals surface area contributed by atoms with Crippen molar-refractivity contribution < 1.29 is 0 Å². The second-order valence-corrected chi connectivity index (χ2v) is 9.81. The Bertz CT molecular complexity index is 811. The van der Waals surface area contributed by atoms with Crippen LogP contribution in [0.1, 0.15) is 77.3 Å². The summed E-state index contributed by atoms with van der Waals surface area (Å²) in [5.74, 6) is 1.15. The van der Waals surface area contributed by atoms with Crippen LogP contribution in [0, 0.1) is 0 Å². The average molecular weight is 363 g/mol. The average Bonchev–Trinajstić information content (AvgIpc) is 2.95. The number of pyridine rings is 1. The third-order valence-electron chi connectivity index (χ3n) is 6.81. The van der Waals surface area contributed by atoms with Crippen molar-refractivity contribution in [2.24, 2.45) is 0 Å². The molecule has 0 bridgehead atoms. The smallest absolute Gasteiger partial charge is 0.129 e. The summed E-state index contributed by atoms with van der Waals surface area (Å²) in [7, 11) is 0. The summed E-state index contributed by atoms with van der Waals surface area (Å²) in [6, 6.07) is 13.6. The summed E-state index contributed by atoms with van der Waals surface area (Å²) < 4.78 is 0. The summed E-state index contributed by atoms with van der Waals surface area (Å²) in [4.78, 5) is 7.54. The molecular weight excluding hydrogens is 328 g/mol. The second-order valence-electron chi connectivity index (χ2n) is 9.81. The minimum atomic E-state index is 0.239. The van der Waals surface area contributed by atoms with Crippen molar-refractivity contribution in [2.45, 2.75) is 77.0 Å². The third kappa shape index (κ3) is 3.63. The van der Waals surface area contributed by atoms with Crippen molar-refractivity contribution in [1.82, 2.24) is 4.98 Å². The van der Waals surface area contributed by atoms with E-state index in [1.807, 2.05) is 0 Å². The zero-order valence-electron chi connectivity index (χ0n) is 17.5. The Balaban J connectivity index is 1.71. The van der Waals surface area contributed by atoms with Gasteiger partial charge < -0.3 is 4.90 Å². The molecule has 144 valence electrons.